The Labute approximate surface area is 144 Å². The summed E-state index contributed by atoms with van der Waals surface area (Å²) in [6.45, 7) is 0. The average molecular weight is 350 g/mol. The zero-order valence-corrected chi connectivity index (χ0v) is 13.7. The Morgan fingerprint density at radius 1 is 1.04 bits per heavy atom. The minimum Gasteiger partial charge on any atom is -0.550 e. The van der Waals surface area contributed by atoms with Crippen molar-refractivity contribution < 1.29 is 19.5 Å². The summed E-state index contributed by atoms with van der Waals surface area (Å²) in [5, 5.41) is 11.9. The van der Waals surface area contributed by atoms with E-state index in [1.54, 1.807) is 24.3 Å². The van der Waals surface area contributed by atoms with Gasteiger partial charge in [0.1, 0.15) is 0 Å². The van der Waals surface area contributed by atoms with Crippen LogP contribution in [0.5, 0.6) is 0 Å². The SMILES string of the molecule is O=C(Cc1ccc(Cl)cc1)NNC(=O)C1C2CCC(C2)C1C(=O)[O-]. The van der Waals surface area contributed by atoms with E-state index in [1.807, 2.05) is 0 Å². The van der Waals surface area contributed by atoms with E-state index in [-0.39, 0.29) is 24.2 Å². The highest BCUT2D eigenvalue weighted by atomic mass is 35.5. The molecule has 0 aliphatic heterocycles. The second-order valence-electron chi connectivity index (χ2n) is 6.54. The standard InChI is InChI=1S/C17H19ClN2O4/c18-12-5-1-9(2-6-12)7-13(21)19-20-16(22)14-10-3-4-11(8-10)15(14)17(23)24/h1-2,5-6,10-11,14-15H,3-4,7-8H2,(H,19,21)(H,20,22)(H,23,24)/p-1. The van der Waals surface area contributed by atoms with Crippen molar-refractivity contribution in [2.75, 3.05) is 0 Å². The van der Waals surface area contributed by atoms with Crippen molar-refractivity contribution in [3.8, 4) is 0 Å². The monoisotopic (exact) mass is 349 g/mol. The minimum absolute atomic E-state index is 0.0144. The Bertz CT molecular complexity index is 661. The van der Waals surface area contributed by atoms with Crippen molar-refractivity contribution >= 4 is 29.4 Å². The zero-order chi connectivity index (χ0) is 17.3. The van der Waals surface area contributed by atoms with Gasteiger partial charge >= 0.3 is 0 Å². The first kappa shape index (κ1) is 16.8. The number of hydrogen-bond donors (Lipinski definition) is 2. The Morgan fingerprint density at radius 2 is 1.67 bits per heavy atom. The predicted molar refractivity (Wildman–Crippen MR) is 84.3 cm³/mol. The lowest BCUT2D eigenvalue weighted by molar-refractivity contribution is -0.314. The first-order valence-electron chi connectivity index (χ1n) is 7.99. The lowest BCUT2D eigenvalue weighted by atomic mass is 9.79. The molecule has 1 aromatic carbocycles. The van der Waals surface area contributed by atoms with Crippen molar-refractivity contribution in [1.82, 2.24) is 10.9 Å². The molecular weight excluding hydrogens is 332 g/mol. The van der Waals surface area contributed by atoms with Gasteiger partial charge in [0.05, 0.1) is 12.3 Å². The molecule has 2 N–H and O–H groups in total. The normalized spacial score (nSPS) is 27.7. The fourth-order valence-corrected chi connectivity index (χ4v) is 4.18. The quantitative estimate of drug-likeness (QED) is 0.771. The third-order valence-corrected chi connectivity index (χ3v) is 5.35. The average Bonchev–Trinajstić information content (AvgIpc) is 3.15. The number of hydrazine groups is 1. The van der Waals surface area contributed by atoms with Crippen LogP contribution in [0.15, 0.2) is 24.3 Å². The number of carbonyl (C=O) groups is 3. The molecule has 2 bridgehead atoms. The first-order chi connectivity index (χ1) is 11.5. The molecule has 128 valence electrons. The molecule has 4 atom stereocenters. The van der Waals surface area contributed by atoms with Crippen LogP contribution in [0.25, 0.3) is 0 Å². The lowest BCUT2D eigenvalue weighted by Gasteiger charge is -2.30. The Kier molecular flexibility index (Phi) is 4.76. The maximum atomic E-state index is 12.3. The Morgan fingerprint density at radius 3 is 2.29 bits per heavy atom. The van der Waals surface area contributed by atoms with Crippen LogP contribution in [-0.4, -0.2) is 17.8 Å². The van der Waals surface area contributed by atoms with Gasteiger partial charge in [0.2, 0.25) is 11.8 Å². The van der Waals surface area contributed by atoms with Crippen molar-refractivity contribution in [1.29, 1.82) is 0 Å². The van der Waals surface area contributed by atoms with Crippen LogP contribution in [0.2, 0.25) is 5.02 Å². The Hall–Kier alpha value is -2.08. The molecule has 4 unspecified atom stereocenters. The molecular formula is C17H18ClN2O4-. The summed E-state index contributed by atoms with van der Waals surface area (Å²) >= 11 is 5.78. The topological polar surface area (TPSA) is 98.3 Å². The molecule has 1 aromatic rings. The van der Waals surface area contributed by atoms with Gasteiger partial charge in [-0.2, -0.15) is 0 Å². The van der Waals surface area contributed by atoms with Crippen molar-refractivity contribution in [3.05, 3.63) is 34.9 Å². The molecule has 0 aromatic heterocycles. The molecule has 24 heavy (non-hydrogen) atoms. The molecule has 2 fully saturated rings. The van der Waals surface area contributed by atoms with E-state index >= 15 is 0 Å². The molecule has 0 saturated heterocycles. The Balaban J connectivity index is 1.54. The molecule has 3 rings (SSSR count). The summed E-state index contributed by atoms with van der Waals surface area (Å²) in [4.78, 5) is 35.5. The van der Waals surface area contributed by atoms with Gasteiger partial charge in [0.25, 0.3) is 0 Å². The number of hydrogen-bond acceptors (Lipinski definition) is 4. The zero-order valence-electron chi connectivity index (χ0n) is 13.0. The van der Waals surface area contributed by atoms with Gasteiger partial charge in [-0.3, -0.25) is 20.4 Å². The molecule has 2 aliphatic rings. The molecule has 6 nitrogen and oxygen atoms in total. The minimum atomic E-state index is -1.17. The van der Waals surface area contributed by atoms with Crippen LogP contribution < -0.4 is 16.0 Å². The van der Waals surface area contributed by atoms with Gasteiger partial charge in [-0.05, 0) is 48.8 Å². The highest BCUT2D eigenvalue weighted by Gasteiger charge is 2.51. The van der Waals surface area contributed by atoms with E-state index in [2.05, 4.69) is 10.9 Å². The van der Waals surface area contributed by atoms with E-state index in [1.165, 1.54) is 0 Å². The maximum Gasteiger partial charge on any atom is 0.242 e. The third kappa shape index (κ3) is 3.38. The summed E-state index contributed by atoms with van der Waals surface area (Å²) in [5.74, 6) is -3.29. The number of rotatable bonds is 4. The number of amides is 2. The van der Waals surface area contributed by atoms with Gasteiger partial charge in [-0.1, -0.05) is 23.7 Å². The number of halogens is 1. The van der Waals surface area contributed by atoms with Crippen LogP contribution in [0.3, 0.4) is 0 Å². The van der Waals surface area contributed by atoms with E-state index in [9.17, 15) is 19.5 Å². The van der Waals surface area contributed by atoms with Crippen LogP contribution in [-0.2, 0) is 20.8 Å². The molecule has 0 heterocycles. The maximum absolute atomic E-state index is 12.3. The number of fused-ring (bicyclic) bond motifs is 2. The molecule has 0 spiro atoms. The van der Waals surface area contributed by atoms with Gasteiger partial charge in [0, 0.05) is 16.9 Å². The van der Waals surface area contributed by atoms with Crippen LogP contribution in [0.1, 0.15) is 24.8 Å². The van der Waals surface area contributed by atoms with Gasteiger partial charge in [0.15, 0.2) is 0 Å². The van der Waals surface area contributed by atoms with Gasteiger partial charge < -0.3 is 9.90 Å². The fourth-order valence-electron chi connectivity index (χ4n) is 4.05. The van der Waals surface area contributed by atoms with Crippen molar-refractivity contribution in [2.24, 2.45) is 23.7 Å². The summed E-state index contributed by atoms with van der Waals surface area (Å²) < 4.78 is 0. The second kappa shape index (κ2) is 6.81. The largest absolute Gasteiger partial charge is 0.550 e. The summed E-state index contributed by atoms with van der Waals surface area (Å²) in [6.07, 6.45) is 2.52. The fraction of sp³-hybridized carbons (Fsp3) is 0.471. The predicted octanol–water partition coefficient (Wildman–Crippen LogP) is 0.442. The van der Waals surface area contributed by atoms with Crippen LogP contribution in [0, 0.1) is 23.7 Å². The molecule has 7 heteroatoms. The van der Waals surface area contributed by atoms with E-state index in [0.29, 0.717) is 5.02 Å². The van der Waals surface area contributed by atoms with Crippen molar-refractivity contribution in [3.63, 3.8) is 0 Å². The number of carboxylic acid groups (broad SMARTS) is 1. The molecule has 0 radical (unpaired) electrons. The molecule has 2 saturated carbocycles. The number of benzene rings is 1. The van der Waals surface area contributed by atoms with E-state index in [4.69, 9.17) is 11.6 Å². The summed E-state index contributed by atoms with van der Waals surface area (Å²) in [7, 11) is 0. The number of carboxylic acids is 1. The molecule has 2 amide bonds. The second-order valence-corrected chi connectivity index (χ2v) is 6.98. The summed E-state index contributed by atoms with van der Waals surface area (Å²) in [6, 6.07) is 6.82. The van der Waals surface area contributed by atoms with Crippen LogP contribution >= 0.6 is 11.6 Å². The van der Waals surface area contributed by atoms with E-state index < -0.39 is 23.7 Å². The van der Waals surface area contributed by atoms with Crippen LogP contribution in [0.4, 0.5) is 0 Å². The highest BCUT2D eigenvalue weighted by molar-refractivity contribution is 6.30. The third-order valence-electron chi connectivity index (χ3n) is 5.09. The number of aliphatic carboxylic acids is 1. The van der Waals surface area contributed by atoms with Gasteiger partial charge in [-0.25, -0.2) is 0 Å². The number of nitrogens with one attached hydrogen (secondary N) is 2. The number of carbonyl (C=O) groups excluding carboxylic acids is 3. The molecule has 2 aliphatic carbocycles. The van der Waals surface area contributed by atoms with E-state index in [0.717, 1.165) is 24.8 Å². The van der Waals surface area contributed by atoms with Gasteiger partial charge in [-0.15, -0.1) is 0 Å². The highest BCUT2D eigenvalue weighted by Crippen LogP contribution is 2.52. The lowest BCUT2D eigenvalue weighted by Crippen LogP contribution is -2.50. The smallest absolute Gasteiger partial charge is 0.242 e. The summed E-state index contributed by atoms with van der Waals surface area (Å²) in [5.41, 5.74) is 5.49. The van der Waals surface area contributed by atoms with Crippen molar-refractivity contribution in [2.45, 2.75) is 25.7 Å². The first-order valence-corrected chi connectivity index (χ1v) is 8.37.